The van der Waals surface area contributed by atoms with Crippen LogP contribution in [0.1, 0.15) is 21.5 Å². The summed E-state index contributed by atoms with van der Waals surface area (Å²) >= 11 is 1.29. The standard InChI is InChI=1S/C26H21N3O2S/c1-16-9-8-14-21(17(16)2)29-25(31)24-23(19-12-6-7-13-20(19)27-24)28-26(29)32-15-22(30)18-10-4-3-5-11-18/h3-14,27H,15H2,1-2H3. The Kier molecular flexibility index (Phi) is 5.15. The van der Waals surface area contributed by atoms with E-state index >= 15 is 0 Å². The SMILES string of the molecule is Cc1cccc(-n2c(SCC(=O)c3ccccc3)nc3c([nH]c4ccccc43)c2=O)c1C. The fraction of sp³-hybridized carbons (Fsp3) is 0.115. The van der Waals surface area contributed by atoms with Crippen LogP contribution in [-0.4, -0.2) is 26.1 Å². The number of para-hydroxylation sites is 1. The Labute approximate surface area is 189 Å². The molecule has 0 saturated heterocycles. The smallest absolute Gasteiger partial charge is 0.283 e. The molecule has 5 aromatic rings. The number of rotatable bonds is 5. The van der Waals surface area contributed by atoms with Crippen LogP contribution in [0.2, 0.25) is 0 Å². The first kappa shape index (κ1) is 20.3. The average molecular weight is 440 g/mol. The number of carbonyl (C=O) groups is 1. The summed E-state index contributed by atoms with van der Waals surface area (Å²) in [6.45, 7) is 4.01. The van der Waals surface area contributed by atoms with Crippen molar-refractivity contribution in [3.63, 3.8) is 0 Å². The van der Waals surface area contributed by atoms with Gasteiger partial charge in [0.1, 0.15) is 11.0 Å². The Morgan fingerprint density at radius 2 is 1.72 bits per heavy atom. The van der Waals surface area contributed by atoms with Gasteiger partial charge >= 0.3 is 0 Å². The van der Waals surface area contributed by atoms with Gasteiger partial charge in [-0.2, -0.15) is 0 Å². The molecule has 2 aromatic heterocycles. The molecule has 0 spiro atoms. The number of nitrogens with zero attached hydrogens (tertiary/aromatic N) is 2. The molecule has 32 heavy (non-hydrogen) atoms. The molecule has 0 atom stereocenters. The van der Waals surface area contributed by atoms with Gasteiger partial charge in [0, 0.05) is 16.5 Å². The average Bonchev–Trinajstić information content (AvgIpc) is 3.19. The molecule has 0 aliphatic rings. The zero-order chi connectivity index (χ0) is 22.2. The van der Waals surface area contributed by atoms with Gasteiger partial charge in [-0.25, -0.2) is 4.98 Å². The summed E-state index contributed by atoms with van der Waals surface area (Å²) in [6, 6.07) is 22.8. The zero-order valence-electron chi connectivity index (χ0n) is 17.8. The third-order valence-corrected chi connectivity index (χ3v) is 6.68. The first-order valence-corrected chi connectivity index (χ1v) is 11.3. The van der Waals surface area contributed by atoms with E-state index in [1.165, 1.54) is 11.8 Å². The van der Waals surface area contributed by atoms with Crippen molar-refractivity contribution in [2.45, 2.75) is 19.0 Å². The highest BCUT2D eigenvalue weighted by molar-refractivity contribution is 7.99. The molecule has 0 aliphatic carbocycles. The number of aromatic nitrogens is 3. The van der Waals surface area contributed by atoms with E-state index in [-0.39, 0.29) is 17.1 Å². The number of fused-ring (bicyclic) bond motifs is 3. The first-order valence-electron chi connectivity index (χ1n) is 10.4. The highest BCUT2D eigenvalue weighted by Gasteiger charge is 2.19. The minimum absolute atomic E-state index is 0.00335. The van der Waals surface area contributed by atoms with Gasteiger partial charge in [-0.3, -0.25) is 14.2 Å². The minimum atomic E-state index is -0.172. The lowest BCUT2D eigenvalue weighted by atomic mass is 10.1. The summed E-state index contributed by atoms with van der Waals surface area (Å²) in [6.07, 6.45) is 0. The van der Waals surface area contributed by atoms with Crippen molar-refractivity contribution < 1.29 is 4.79 Å². The van der Waals surface area contributed by atoms with E-state index < -0.39 is 0 Å². The third kappa shape index (κ3) is 3.42. The molecule has 0 aliphatic heterocycles. The van der Waals surface area contributed by atoms with E-state index in [9.17, 15) is 9.59 Å². The van der Waals surface area contributed by atoms with Crippen molar-refractivity contribution in [3.8, 4) is 5.69 Å². The maximum atomic E-state index is 13.7. The predicted molar refractivity (Wildman–Crippen MR) is 130 cm³/mol. The summed E-state index contributed by atoms with van der Waals surface area (Å²) in [5.74, 6) is 0.186. The van der Waals surface area contributed by atoms with Gasteiger partial charge < -0.3 is 4.98 Å². The maximum absolute atomic E-state index is 13.7. The largest absolute Gasteiger partial charge is 0.349 e. The number of Topliss-reactive ketones (excluding diaryl/α,β-unsaturated/α-hetero) is 1. The number of thioether (sulfide) groups is 1. The predicted octanol–water partition coefficient (Wildman–Crippen LogP) is 5.46. The van der Waals surface area contributed by atoms with Crippen molar-refractivity contribution in [2.24, 2.45) is 0 Å². The minimum Gasteiger partial charge on any atom is -0.349 e. The summed E-state index contributed by atoms with van der Waals surface area (Å²) < 4.78 is 1.63. The number of ketones is 1. The lowest BCUT2D eigenvalue weighted by molar-refractivity contribution is 0.102. The zero-order valence-corrected chi connectivity index (χ0v) is 18.6. The van der Waals surface area contributed by atoms with Crippen molar-refractivity contribution >= 4 is 39.5 Å². The summed E-state index contributed by atoms with van der Waals surface area (Å²) in [7, 11) is 0. The monoisotopic (exact) mass is 439 g/mol. The molecule has 3 aromatic carbocycles. The number of nitrogens with one attached hydrogen (secondary N) is 1. The van der Waals surface area contributed by atoms with E-state index in [4.69, 9.17) is 4.98 Å². The number of hydrogen-bond acceptors (Lipinski definition) is 4. The maximum Gasteiger partial charge on any atom is 0.283 e. The summed E-state index contributed by atoms with van der Waals surface area (Å²) in [5, 5.41) is 1.40. The quantitative estimate of drug-likeness (QED) is 0.224. The van der Waals surface area contributed by atoms with Crippen LogP contribution in [0, 0.1) is 13.8 Å². The second-order valence-electron chi connectivity index (χ2n) is 7.73. The van der Waals surface area contributed by atoms with E-state index in [1.54, 1.807) is 16.7 Å². The van der Waals surface area contributed by atoms with Gasteiger partial charge in [-0.1, -0.05) is 72.4 Å². The van der Waals surface area contributed by atoms with Crippen LogP contribution >= 0.6 is 11.8 Å². The van der Waals surface area contributed by atoms with Gasteiger partial charge in [0.25, 0.3) is 5.56 Å². The van der Waals surface area contributed by atoms with Crippen LogP contribution in [0.4, 0.5) is 0 Å². The van der Waals surface area contributed by atoms with Crippen LogP contribution in [0.15, 0.2) is 82.7 Å². The number of carbonyl (C=O) groups excluding carboxylic acids is 1. The highest BCUT2D eigenvalue weighted by atomic mass is 32.2. The molecule has 5 rings (SSSR count). The fourth-order valence-corrected chi connectivity index (χ4v) is 4.76. The molecular formula is C26H21N3O2S. The summed E-state index contributed by atoms with van der Waals surface area (Å²) in [5.41, 5.74) is 5.29. The first-order chi connectivity index (χ1) is 15.5. The molecule has 0 unspecified atom stereocenters. The lowest BCUT2D eigenvalue weighted by Crippen LogP contribution is -2.23. The van der Waals surface area contributed by atoms with Crippen LogP contribution in [-0.2, 0) is 0 Å². The number of aryl methyl sites for hydroxylation is 1. The number of H-pyrrole nitrogens is 1. The number of aromatic amines is 1. The number of hydrogen-bond donors (Lipinski definition) is 1. The number of benzene rings is 3. The van der Waals surface area contributed by atoms with E-state index in [1.807, 2.05) is 74.5 Å². The van der Waals surface area contributed by atoms with Crippen LogP contribution < -0.4 is 5.56 Å². The Morgan fingerprint density at radius 3 is 2.53 bits per heavy atom. The molecule has 0 fully saturated rings. The van der Waals surface area contributed by atoms with Gasteiger partial charge in [0.2, 0.25) is 0 Å². The van der Waals surface area contributed by atoms with Crippen LogP contribution in [0.25, 0.3) is 27.6 Å². The molecule has 5 nitrogen and oxygen atoms in total. The lowest BCUT2D eigenvalue weighted by Gasteiger charge is -2.15. The molecule has 0 saturated carbocycles. The Balaban J connectivity index is 1.70. The molecule has 0 amide bonds. The molecule has 2 heterocycles. The van der Waals surface area contributed by atoms with Gasteiger partial charge in [0.15, 0.2) is 10.9 Å². The molecule has 1 N–H and O–H groups in total. The van der Waals surface area contributed by atoms with Crippen molar-refractivity contribution in [1.82, 2.24) is 14.5 Å². The molecule has 0 radical (unpaired) electrons. The molecule has 158 valence electrons. The molecule has 6 heteroatoms. The van der Waals surface area contributed by atoms with Gasteiger partial charge in [-0.05, 0) is 37.1 Å². The van der Waals surface area contributed by atoms with Crippen molar-refractivity contribution in [3.05, 3.63) is 99.8 Å². The van der Waals surface area contributed by atoms with Crippen molar-refractivity contribution in [1.29, 1.82) is 0 Å². The molecule has 0 bridgehead atoms. The topological polar surface area (TPSA) is 67.8 Å². The van der Waals surface area contributed by atoms with Gasteiger partial charge in [-0.15, -0.1) is 0 Å². The highest BCUT2D eigenvalue weighted by Crippen LogP contribution is 2.28. The van der Waals surface area contributed by atoms with E-state index in [0.29, 0.717) is 21.8 Å². The van der Waals surface area contributed by atoms with Crippen LogP contribution in [0.3, 0.4) is 0 Å². The summed E-state index contributed by atoms with van der Waals surface area (Å²) in [4.78, 5) is 34.6. The Bertz CT molecular complexity index is 1530. The van der Waals surface area contributed by atoms with Crippen LogP contribution in [0.5, 0.6) is 0 Å². The Morgan fingerprint density at radius 1 is 0.969 bits per heavy atom. The Hall–Kier alpha value is -3.64. The third-order valence-electron chi connectivity index (χ3n) is 5.74. The fourth-order valence-electron chi connectivity index (χ4n) is 3.87. The van der Waals surface area contributed by atoms with E-state index in [0.717, 1.165) is 27.7 Å². The normalized spacial score (nSPS) is 11.3. The second-order valence-corrected chi connectivity index (χ2v) is 8.67. The van der Waals surface area contributed by atoms with E-state index in [2.05, 4.69) is 4.98 Å². The van der Waals surface area contributed by atoms with Crippen molar-refractivity contribution in [2.75, 3.05) is 5.75 Å². The van der Waals surface area contributed by atoms with Gasteiger partial charge in [0.05, 0.1) is 11.4 Å². The molecular weight excluding hydrogens is 418 g/mol. The second kappa shape index (κ2) is 8.13.